The lowest BCUT2D eigenvalue weighted by atomic mass is 10.0. The van der Waals surface area contributed by atoms with Gasteiger partial charge in [0.15, 0.2) is 5.71 Å². The van der Waals surface area contributed by atoms with Crippen molar-refractivity contribution >= 4 is 22.8 Å². The molecular formula is C33H32ClN3O5. The Labute approximate surface area is 249 Å². The first-order chi connectivity index (χ1) is 19.8. The Kier molecular flexibility index (Phi) is 11.0. The maximum absolute atomic E-state index is 8.49. The van der Waals surface area contributed by atoms with Gasteiger partial charge in [0.2, 0.25) is 0 Å². The fourth-order valence-electron chi connectivity index (χ4n) is 3.76. The number of hydrogen-bond acceptors (Lipinski definition) is 7. The van der Waals surface area contributed by atoms with Crippen LogP contribution in [-0.4, -0.2) is 52.6 Å². The van der Waals surface area contributed by atoms with Crippen molar-refractivity contribution in [3.05, 3.63) is 113 Å². The van der Waals surface area contributed by atoms with Gasteiger partial charge in [-0.05, 0) is 84.7 Å². The third kappa shape index (κ3) is 10.1. The first-order valence-electron chi connectivity index (χ1n) is 12.7. The predicted octanol–water partition coefficient (Wildman–Crippen LogP) is 0.508. The van der Waals surface area contributed by atoms with E-state index in [2.05, 4.69) is 98.8 Å². The number of hydrogen-bond donors (Lipinski definition) is 0. The van der Waals surface area contributed by atoms with Crippen LogP contribution >= 0.6 is 0 Å². The van der Waals surface area contributed by atoms with Gasteiger partial charge in [-0.1, -0.05) is 11.8 Å². The van der Waals surface area contributed by atoms with Crippen LogP contribution in [-0.2, 0) is 4.74 Å². The standard InChI is InChI=1S/C33H32N3O.ClHO4/c1-34(2)29-17-11-25(12-18-29)9-7-8-10-26-23-32(27-13-19-30(20-14-27)35(3)4)37-33(24-26)28-15-21-31(22-16-28)36(5)6;2-1(3,4)5/h11-24H,1-6H3;(H,2,3,4,5)/q+1;/p-1. The van der Waals surface area contributed by atoms with Crippen LogP contribution in [0.1, 0.15) is 11.1 Å². The van der Waals surface area contributed by atoms with Crippen LogP contribution in [0.3, 0.4) is 0 Å². The molecule has 9 heteroatoms. The smallest absolute Gasteiger partial charge is 0.199 e. The second kappa shape index (κ2) is 14.4. The van der Waals surface area contributed by atoms with E-state index in [1.54, 1.807) is 0 Å². The Balaban J connectivity index is 0.000000892. The van der Waals surface area contributed by atoms with Crippen molar-refractivity contribution in [1.29, 1.82) is 0 Å². The summed E-state index contributed by atoms with van der Waals surface area (Å²) < 4.78 is 42.4. The van der Waals surface area contributed by atoms with Crippen molar-refractivity contribution in [3.63, 3.8) is 0 Å². The molecule has 0 N–H and O–H groups in total. The van der Waals surface area contributed by atoms with Crippen LogP contribution in [0.2, 0.25) is 0 Å². The molecule has 216 valence electrons. The van der Waals surface area contributed by atoms with Gasteiger partial charge in [0.05, 0.1) is 0 Å². The van der Waals surface area contributed by atoms with Gasteiger partial charge in [-0.2, -0.15) is 0 Å². The summed E-state index contributed by atoms with van der Waals surface area (Å²) in [7, 11) is 7.22. The van der Waals surface area contributed by atoms with E-state index in [1.807, 2.05) is 66.6 Å². The zero-order valence-electron chi connectivity index (χ0n) is 24.3. The lowest BCUT2D eigenvalue weighted by Crippen LogP contribution is -2.68. The van der Waals surface area contributed by atoms with Crippen LogP contribution < -0.4 is 28.4 Å². The number of benzene rings is 2. The SMILES string of the molecule is CN(C)c1ccc(C#CC#CC2=CC(=C3C=CC(=[N+](C)C)C=C3)OC(c3ccc(N(C)C)cc3)=C2)cc1.[O-][Cl+3]([O-])([O-])[O-]. The summed E-state index contributed by atoms with van der Waals surface area (Å²) in [5, 5.41) is 0. The molecule has 0 amide bonds. The molecule has 0 atom stereocenters. The van der Waals surface area contributed by atoms with Crippen molar-refractivity contribution < 1.29 is 38.2 Å². The van der Waals surface area contributed by atoms with Crippen molar-refractivity contribution in [2.75, 3.05) is 52.1 Å². The number of halogens is 1. The minimum absolute atomic E-state index is 0.760. The molecule has 0 saturated heterocycles. The topological polar surface area (TPSA) is 111 Å². The second-order valence-corrected chi connectivity index (χ2v) is 10.5. The molecule has 2 aromatic carbocycles. The summed E-state index contributed by atoms with van der Waals surface area (Å²) in [5.74, 6) is 13.9. The highest BCUT2D eigenvalue weighted by Crippen LogP contribution is 2.30. The molecule has 0 spiro atoms. The van der Waals surface area contributed by atoms with Crippen molar-refractivity contribution in [2.45, 2.75) is 0 Å². The summed E-state index contributed by atoms with van der Waals surface area (Å²) in [6.45, 7) is 0. The van der Waals surface area contributed by atoms with Crippen LogP contribution in [0.25, 0.3) is 5.76 Å². The highest BCUT2D eigenvalue weighted by atomic mass is 35.7. The molecule has 0 aromatic heterocycles. The zero-order valence-corrected chi connectivity index (χ0v) is 25.1. The van der Waals surface area contributed by atoms with E-state index in [1.165, 1.54) is 0 Å². The van der Waals surface area contributed by atoms with Crippen molar-refractivity contribution in [2.24, 2.45) is 0 Å². The van der Waals surface area contributed by atoms with Gasteiger partial charge in [0, 0.05) is 74.0 Å². The molecule has 0 radical (unpaired) electrons. The lowest BCUT2D eigenvalue weighted by Gasteiger charge is -2.19. The van der Waals surface area contributed by atoms with E-state index in [-0.39, 0.29) is 0 Å². The van der Waals surface area contributed by atoms with Crippen LogP contribution in [0, 0.1) is 33.9 Å². The molecule has 0 bridgehead atoms. The molecule has 1 aliphatic heterocycles. The van der Waals surface area contributed by atoms with Crippen molar-refractivity contribution in [1.82, 2.24) is 0 Å². The number of allylic oxidation sites excluding steroid dienone is 8. The molecule has 2 aliphatic rings. The molecule has 0 fully saturated rings. The molecule has 0 saturated carbocycles. The van der Waals surface area contributed by atoms with E-state index >= 15 is 0 Å². The minimum Gasteiger partial charge on any atom is -0.456 e. The van der Waals surface area contributed by atoms with Gasteiger partial charge in [-0.15, -0.1) is 10.2 Å². The number of rotatable bonds is 3. The summed E-state index contributed by atoms with van der Waals surface area (Å²) in [4.78, 5) is 4.14. The minimum atomic E-state index is -4.94. The summed E-state index contributed by atoms with van der Waals surface area (Å²) >= 11 is 0. The van der Waals surface area contributed by atoms with Gasteiger partial charge < -0.3 is 14.5 Å². The highest BCUT2D eigenvalue weighted by Gasteiger charge is 2.16. The van der Waals surface area contributed by atoms with Gasteiger partial charge in [0.25, 0.3) is 0 Å². The molecule has 2 aromatic rings. The Morgan fingerprint density at radius 2 is 1.19 bits per heavy atom. The summed E-state index contributed by atoms with van der Waals surface area (Å²) in [6, 6.07) is 16.4. The Hall–Kier alpha value is -4.54. The third-order valence-electron chi connectivity index (χ3n) is 5.99. The maximum Gasteiger partial charge on any atom is 0.199 e. The fraction of sp³-hybridized carbons (Fsp3) is 0.182. The lowest BCUT2D eigenvalue weighted by molar-refractivity contribution is -2.00. The van der Waals surface area contributed by atoms with E-state index in [9.17, 15) is 0 Å². The molecular weight excluding hydrogens is 554 g/mol. The first-order valence-corrected chi connectivity index (χ1v) is 14.0. The average Bonchev–Trinajstić information content (AvgIpc) is 2.94. The normalized spacial score (nSPS) is 13.7. The zero-order chi connectivity index (χ0) is 30.9. The van der Waals surface area contributed by atoms with Crippen LogP contribution in [0.15, 0.2) is 102 Å². The van der Waals surface area contributed by atoms with E-state index in [4.69, 9.17) is 23.4 Å². The van der Waals surface area contributed by atoms with Gasteiger partial charge in [-0.3, -0.25) is 0 Å². The highest BCUT2D eigenvalue weighted by molar-refractivity contribution is 6.02. The van der Waals surface area contributed by atoms with Gasteiger partial charge >= 0.3 is 0 Å². The Morgan fingerprint density at radius 1 is 0.690 bits per heavy atom. The van der Waals surface area contributed by atoms with E-state index in [0.29, 0.717) is 0 Å². The molecule has 1 aliphatic carbocycles. The first kappa shape index (κ1) is 32.0. The number of nitrogens with zero attached hydrogens (tertiary/aromatic N) is 3. The largest absolute Gasteiger partial charge is 0.456 e. The monoisotopic (exact) mass is 585 g/mol. The molecule has 8 nitrogen and oxygen atoms in total. The fourth-order valence-corrected chi connectivity index (χ4v) is 3.76. The quantitative estimate of drug-likeness (QED) is 0.381. The van der Waals surface area contributed by atoms with E-state index < -0.39 is 10.2 Å². The summed E-state index contributed by atoms with van der Waals surface area (Å²) in [6.07, 6.45) is 12.3. The molecule has 0 unspecified atom stereocenters. The predicted molar refractivity (Wildman–Crippen MR) is 156 cm³/mol. The number of anilines is 2. The Morgan fingerprint density at radius 3 is 1.69 bits per heavy atom. The van der Waals surface area contributed by atoms with E-state index in [0.717, 1.165) is 50.9 Å². The summed E-state index contributed by atoms with van der Waals surface area (Å²) in [5.41, 5.74) is 7.18. The Bertz CT molecular complexity index is 1570. The van der Waals surface area contributed by atoms with Gasteiger partial charge in [0.1, 0.15) is 25.6 Å². The second-order valence-electron chi connectivity index (χ2n) is 9.78. The number of ether oxygens (including phenoxy) is 1. The van der Waals surface area contributed by atoms with Gasteiger partial charge in [-0.25, -0.2) is 23.2 Å². The molecule has 4 rings (SSSR count). The van der Waals surface area contributed by atoms with Crippen LogP contribution in [0.4, 0.5) is 11.4 Å². The average molecular weight is 586 g/mol. The van der Waals surface area contributed by atoms with Crippen molar-refractivity contribution in [3.8, 4) is 23.7 Å². The van der Waals surface area contributed by atoms with Crippen LogP contribution in [0.5, 0.6) is 0 Å². The third-order valence-corrected chi connectivity index (χ3v) is 5.99. The maximum atomic E-state index is 8.49. The molecule has 1 heterocycles. The molecule has 42 heavy (non-hydrogen) atoms.